The highest BCUT2D eigenvalue weighted by Crippen LogP contribution is 2.31. The van der Waals surface area contributed by atoms with E-state index in [-0.39, 0.29) is 0 Å². The average molecular weight is 282 g/mol. The maximum absolute atomic E-state index is 12.9. The van der Waals surface area contributed by atoms with Crippen LogP contribution in [0.5, 0.6) is 0 Å². The van der Waals surface area contributed by atoms with Crippen molar-refractivity contribution in [2.75, 3.05) is 23.4 Å². The number of anilines is 1. The minimum absolute atomic E-state index is 0.327. The van der Waals surface area contributed by atoms with Gasteiger partial charge in [0.2, 0.25) is 0 Å². The van der Waals surface area contributed by atoms with Gasteiger partial charge in [0.1, 0.15) is 5.82 Å². The van der Waals surface area contributed by atoms with Crippen LogP contribution in [0.25, 0.3) is 0 Å². The molecule has 0 saturated carbocycles. The number of rotatable bonds is 6. The zero-order valence-electron chi connectivity index (χ0n) is 9.03. The highest BCUT2D eigenvalue weighted by molar-refractivity contribution is 7.99. The van der Waals surface area contributed by atoms with Crippen molar-refractivity contribution in [2.24, 2.45) is 0 Å². The first kappa shape index (κ1) is 13.9. The Balaban J connectivity index is 2.47. The van der Waals surface area contributed by atoms with Crippen LogP contribution >= 0.6 is 35.0 Å². The van der Waals surface area contributed by atoms with Gasteiger partial charge in [-0.2, -0.15) is 11.8 Å². The molecule has 16 heavy (non-hydrogen) atoms. The van der Waals surface area contributed by atoms with E-state index in [1.54, 1.807) is 0 Å². The Morgan fingerprint density at radius 1 is 1.31 bits per heavy atom. The Bertz CT molecular complexity index is 324. The lowest BCUT2D eigenvalue weighted by Gasteiger charge is -2.10. The zero-order chi connectivity index (χ0) is 12.0. The summed E-state index contributed by atoms with van der Waals surface area (Å²) in [6.45, 7) is 2.92. The van der Waals surface area contributed by atoms with Crippen molar-refractivity contribution in [3.05, 3.63) is 28.0 Å². The third-order valence-corrected chi connectivity index (χ3v) is 3.56. The maximum atomic E-state index is 12.9. The Morgan fingerprint density at radius 2 is 1.94 bits per heavy atom. The van der Waals surface area contributed by atoms with Crippen molar-refractivity contribution in [1.82, 2.24) is 0 Å². The summed E-state index contributed by atoms with van der Waals surface area (Å²) >= 11 is 13.7. The van der Waals surface area contributed by atoms with Gasteiger partial charge in [-0.25, -0.2) is 4.39 Å². The first-order valence-electron chi connectivity index (χ1n) is 5.11. The first-order valence-corrected chi connectivity index (χ1v) is 7.02. The van der Waals surface area contributed by atoms with E-state index in [2.05, 4.69) is 12.2 Å². The second kappa shape index (κ2) is 7.25. The number of halogens is 3. The van der Waals surface area contributed by atoms with Crippen LogP contribution in [0, 0.1) is 5.82 Å². The van der Waals surface area contributed by atoms with E-state index in [0.29, 0.717) is 15.7 Å². The molecule has 0 unspecified atom stereocenters. The van der Waals surface area contributed by atoms with Gasteiger partial charge >= 0.3 is 0 Å². The van der Waals surface area contributed by atoms with Crippen molar-refractivity contribution < 1.29 is 4.39 Å². The standard InChI is InChI=1S/C11H14Cl2FNS/c1-2-16-5-3-4-15-11-9(12)6-8(14)7-10(11)13/h6-7,15H,2-5H2,1H3. The van der Waals surface area contributed by atoms with Gasteiger partial charge in [-0.3, -0.25) is 0 Å². The van der Waals surface area contributed by atoms with Gasteiger partial charge in [-0.05, 0) is 30.1 Å². The Morgan fingerprint density at radius 3 is 2.50 bits per heavy atom. The van der Waals surface area contributed by atoms with E-state index < -0.39 is 5.82 Å². The van der Waals surface area contributed by atoms with Crippen molar-refractivity contribution in [3.63, 3.8) is 0 Å². The fraction of sp³-hybridized carbons (Fsp3) is 0.455. The molecule has 0 fully saturated rings. The van der Waals surface area contributed by atoms with E-state index in [1.807, 2.05) is 11.8 Å². The number of nitrogens with one attached hydrogen (secondary N) is 1. The van der Waals surface area contributed by atoms with Crippen LogP contribution in [0.1, 0.15) is 13.3 Å². The number of benzene rings is 1. The van der Waals surface area contributed by atoms with E-state index in [0.717, 1.165) is 24.5 Å². The topological polar surface area (TPSA) is 12.0 Å². The molecule has 1 aromatic rings. The molecule has 90 valence electrons. The molecule has 0 aliphatic carbocycles. The number of hydrogen-bond donors (Lipinski definition) is 1. The van der Waals surface area contributed by atoms with E-state index in [1.165, 1.54) is 12.1 Å². The lowest BCUT2D eigenvalue weighted by Crippen LogP contribution is -2.04. The van der Waals surface area contributed by atoms with Crippen LogP contribution in [0.3, 0.4) is 0 Å². The van der Waals surface area contributed by atoms with E-state index in [9.17, 15) is 4.39 Å². The summed E-state index contributed by atoms with van der Waals surface area (Å²) in [7, 11) is 0. The van der Waals surface area contributed by atoms with Crippen molar-refractivity contribution in [3.8, 4) is 0 Å². The van der Waals surface area contributed by atoms with Crippen LogP contribution < -0.4 is 5.32 Å². The molecule has 5 heteroatoms. The predicted octanol–water partition coefficient (Wildman–Crippen LogP) is 4.69. The Kier molecular flexibility index (Phi) is 6.32. The first-order chi connectivity index (χ1) is 7.65. The van der Waals surface area contributed by atoms with Crippen molar-refractivity contribution in [1.29, 1.82) is 0 Å². The third kappa shape index (κ3) is 4.40. The molecule has 0 aliphatic heterocycles. The van der Waals surface area contributed by atoms with Crippen molar-refractivity contribution >= 4 is 40.7 Å². The molecule has 0 spiro atoms. The summed E-state index contributed by atoms with van der Waals surface area (Å²) in [4.78, 5) is 0. The lowest BCUT2D eigenvalue weighted by molar-refractivity contribution is 0.628. The van der Waals surface area contributed by atoms with Crippen LogP contribution in [0.15, 0.2) is 12.1 Å². The van der Waals surface area contributed by atoms with Crippen LogP contribution in [0.4, 0.5) is 10.1 Å². The summed E-state index contributed by atoms with van der Waals surface area (Å²) in [5.74, 6) is 1.81. The molecule has 1 nitrogen and oxygen atoms in total. The van der Waals surface area contributed by atoms with E-state index >= 15 is 0 Å². The quantitative estimate of drug-likeness (QED) is 0.760. The Labute approximate surface area is 110 Å². The fourth-order valence-corrected chi connectivity index (χ4v) is 2.47. The summed E-state index contributed by atoms with van der Waals surface area (Å²) in [5.41, 5.74) is 0.617. The number of hydrogen-bond acceptors (Lipinski definition) is 2. The van der Waals surface area contributed by atoms with Crippen LogP contribution in [-0.4, -0.2) is 18.1 Å². The van der Waals surface area contributed by atoms with Gasteiger partial charge in [0.05, 0.1) is 15.7 Å². The predicted molar refractivity (Wildman–Crippen MR) is 72.5 cm³/mol. The van der Waals surface area contributed by atoms with Crippen LogP contribution in [-0.2, 0) is 0 Å². The molecule has 0 saturated heterocycles. The summed E-state index contributed by atoms with van der Waals surface area (Å²) in [5, 5.41) is 3.78. The second-order valence-electron chi connectivity index (χ2n) is 3.22. The Hall–Kier alpha value is -0.120. The molecular formula is C11H14Cl2FNS. The smallest absolute Gasteiger partial charge is 0.126 e. The molecule has 0 aliphatic rings. The minimum Gasteiger partial charge on any atom is -0.383 e. The molecule has 1 rings (SSSR count). The molecule has 0 aromatic heterocycles. The summed E-state index contributed by atoms with van der Waals surface area (Å²) in [6, 6.07) is 2.52. The molecule has 0 amide bonds. The monoisotopic (exact) mass is 281 g/mol. The normalized spacial score (nSPS) is 10.5. The van der Waals surface area contributed by atoms with Gasteiger partial charge in [0.25, 0.3) is 0 Å². The lowest BCUT2D eigenvalue weighted by atomic mass is 10.3. The zero-order valence-corrected chi connectivity index (χ0v) is 11.4. The van der Waals surface area contributed by atoms with Gasteiger partial charge in [-0.15, -0.1) is 0 Å². The summed E-state index contributed by atoms with van der Waals surface area (Å²) < 4.78 is 12.9. The molecule has 1 aromatic carbocycles. The van der Waals surface area contributed by atoms with Gasteiger partial charge in [-0.1, -0.05) is 30.1 Å². The minimum atomic E-state index is -0.415. The average Bonchev–Trinajstić information content (AvgIpc) is 2.20. The largest absolute Gasteiger partial charge is 0.383 e. The molecule has 0 atom stereocenters. The van der Waals surface area contributed by atoms with Gasteiger partial charge < -0.3 is 5.32 Å². The van der Waals surface area contributed by atoms with Gasteiger partial charge in [0.15, 0.2) is 0 Å². The highest BCUT2D eigenvalue weighted by Gasteiger charge is 2.07. The molecule has 1 N–H and O–H groups in total. The maximum Gasteiger partial charge on any atom is 0.126 e. The van der Waals surface area contributed by atoms with Crippen molar-refractivity contribution in [2.45, 2.75) is 13.3 Å². The summed E-state index contributed by atoms with van der Waals surface area (Å²) in [6.07, 6.45) is 1.03. The van der Waals surface area contributed by atoms with E-state index in [4.69, 9.17) is 23.2 Å². The molecule has 0 radical (unpaired) electrons. The molecule has 0 bridgehead atoms. The third-order valence-electron chi connectivity index (χ3n) is 1.98. The van der Waals surface area contributed by atoms with Gasteiger partial charge in [0, 0.05) is 6.54 Å². The SMILES string of the molecule is CCSCCCNc1c(Cl)cc(F)cc1Cl. The molecule has 0 heterocycles. The van der Waals surface area contributed by atoms with Crippen LogP contribution in [0.2, 0.25) is 10.0 Å². The highest BCUT2D eigenvalue weighted by atomic mass is 35.5. The fourth-order valence-electron chi connectivity index (χ4n) is 1.24. The number of thioether (sulfide) groups is 1. The second-order valence-corrected chi connectivity index (χ2v) is 5.43. The molecular weight excluding hydrogens is 268 g/mol.